The normalized spacial score (nSPS) is 11.3. The summed E-state index contributed by atoms with van der Waals surface area (Å²) in [6.45, 7) is 3.98. The highest BCUT2D eigenvalue weighted by atomic mass is 16.6. The second kappa shape index (κ2) is 7.20. The van der Waals surface area contributed by atoms with Crippen LogP contribution in [-0.4, -0.2) is 17.9 Å². The number of carbonyl (C=O) groups is 3. The topological polar surface area (TPSA) is 78.9 Å². The summed E-state index contributed by atoms with van der Waals surface area (Å²) >= 11 is 0. The Balaban J connectivity index is 1.90. The van der Waals surface area contributed by atoms with Gasteiger partial charge in [-0.2, -0.15) is 0 Å². The van der Waals surface area contributed by atoms with E-state index in [0.29, 0.717) is 11.1 Å². The first-order chi connectivity index (χ1) is 15.3. The molecule has 0 unspecified atom stereocenters. The molecule has 0 saturated carbocycles. The van der Waals surface area contributed by atoms with Gasteiger partial charge in [0.15, 0.2) is 11.5 Å². The molecule has 0 N–H and O–H groups in total. The van der Waals surface area contributed by atoms with Gasteiger partial charge in [0.2, 0.25) is 0 Å². The molecule has 0 spiro atoms. The summed E-state index contributed by atoms with van der Waals surface area (Å²) < 4.78 is 16.2. The molecule has 0 aliphatic carbocycles. The van der Waals surface area contributed by atoms with Gasteiger partial charge in [-0.3, -0.25) is 14.4 Å². The van der Waals surface area contributed by atoms with Crippen LogP contribution in [0.3, 0.4) is 0 Å². The van der Waals surface area contributed by atoms with E-state index in [0.717, 1.165) is 37.7 Å². The number of hydrogen-bond acceptors (Lipinski definition) is 6. The first kappa shape index (κ1) is 19.8. The Morgan fingerprint density at radius 3 is 1.78 bits per heavy atom. The quantitative estimate of drug-likeness (QED) is 0.164. The molecule has 0 aromatic heterocycles. The molecular formula is C26H18O6. The second-order valence-electron chi connectivity index (χ2n) is 7.63. The average Bonchev–Trinajstić information content (AvgIpc) is 2.73. The lowest BCUT2D eigenvalue weighted by atomic mass is 9.90. The Morgan fingerprint density at radius 1 is 0.531 bits per heavy atom. The fraction of sp³-hybridized carbons (Fsp3) is 0.115. The molecule has 158 valence electrons. The predicted octanol–water partition coefficient (Wildman–Crippen LogP) is 5.51. The molecule has 0 amide bonds. The van der Waals surface area contributed by atoms with E-state index in [1.165, 1.54) is 20.8 Å². The smallest absolute Gasteiger partial charge is 0.308 e. The Kier molecular flexibility index (Phi) is 4.44. The fourth-order valence-corrected chi connectivity index (χ4v) is 4.33. The van der Waals surface area contributed by atoms with E-state index in [2.05, 4.69) is 0 Å². The van der Waals surface area contributed by atoms with E-state index in [1.54, 1.807) is 12.1 Å². The van der Waals surface area contributed by atoms with Crippen molar-refractivity contribution in [2.45, 2.75) is 20.8 Å². The van der Waals surface area contributed by atoms with E-state index in [9.17, 15) is 14.4 Å². The van der Waals surface area contributed by atoms with Gasteiger partial charge >= 0.3 is 17.9 Å². The molecule has 5 aromatic rings. The van der Waals surface area contributed by atoms with Gasteiger partial charge in [-0.1, -0.05) is 24.3 Å². The molecule has 0 aliphatic heterocycles. The minimum atomic E-state index is -0.512. The highest BCUT2D eigenvalue weighted by Crippen LogP contribution is 2.45. The molecule has 0 atom stereocenters. The minimum Gasteiger partial charge on any atom is -0.426 e. The number of benzene rings is 5. The van der Waals surface area contributed by atoms with Gasteiger partial charge in [-0.25, -0.2) is 0 Å². The van der Waals surface area contributed by atoms with Crippen LogP contribution < -0.4 is 14.2 Å². The summed E-state index contributed by atoms with van der Waals surface area (Å²) in [6.07, 6.45) is 0. The highest BCUT2D eigenvalue weighted by molar-refractivity contribution is 6.30. The zero-order valence-electron chi connectivity index (χ0n) is 17.6. The van der Waals surface area contributed by atoms with Crippen molar-refractivity contribution < 1.29 is 28.6 Å². The van der Waals surface area contributed by atoms with Crippen LogP contribution in [0.1, 0.15) is 20.8 Å². The molecule has 0 radical (unpaired) electrons. The van der Waals surface area contributed by atoms with Crippen molar-refractivity contribution in [1.29, 1.82) is 0 Å². The predicted molar refractivity (Wildman–Crippen MR) is 122 cm³/mol. The number of esters is 3. The summed E-state index contributed by atoms with van der Waals surface area (Å²) in [5, 5.41) is 7.21. The lowest BCUT2D eigenvalue weighted by Crippen LogP contribution is -2.07. The Labute approximate surface area is 182 Å². The van der Waals surface area contributed by atoms with Crippen molar-refractivity contribution in [2.24, 2.45) is 0 Å². The third-order valence-electron chi connectivity index (χ3n) is 5.41. The van der Waals surface area contributed by atoms with Crippen molar-refractivity contribution in [2.75, 3.05) is 0 Å². The van der Waals surface area contributed by atoms with E-state index in [4.69, 9.17) is 14.2 Å². The third kappa shape index (κ3) is 3.08. The maximum atomic E-state index is 11.8. The van der Waals surface area contributed by atoms with Gasteiger partial charge in [0.05, 0.1) is 0 Å². The van der Waals surface area contributed by atoms with Gasteiger partial charge in [-0.15, -0.1) is 0 Å². The second-order valence-corrected chi connectivity index (χ2v) is 7.63. The zero-order valence-corrected chi connectivity index (χ0v) is 17.6. The van der Waals surface area contributed by atoms with Crippen LogP contribution >= 0.6 is 0 Å². The Bertz CT molecular complexity index is 1580. The number of rotatable bonds is 3. The van der Waals surface area contributed by atoms with Crippen LogP contribution in [0.4, 0.5) is 0 Å². The van der Waals surface area contributed by atoms with Crippen molar-refractivity contribution >= 4 is 61.0 Å². The Hall–Kier alpha value is -4.19. The van der Waals surface area contributed by atoms with E-state index < -0.39 is 11.9 Å². The Morgan fingerprint density at radius 2 is 1.06 bits per heavy atom. The van der Waals surface area contributed by atoms with E-state index in [-0.39, 0.29) is 17.5 Å². The zero-order chi connectivity index (χ0) is 22.6. The van der Waals surface area contributed by atoms with Gasteiger partial charge in [-0.05, 0) is 57.3 Å². The molecular weight excluding hydrogens is 408 g/mol. The maximum absolute atomic E-state index is 11.8. The fourth-order valence-electron chi connectivity index (χ4n) is 4.33. The lowest BCUT2D eigenvalue weighted by Gasteiger charge is -2.17. The molecule has 6 nitrogen and oxygen atoms in total. The van der Waals surface area contributed by atoms with Crippen LogP contribution in [0, 0.1) is 0 Å². The molecule has 0 fully saturated rings. The lowest BCUT2D eigenvalue weighted by molar-refractivity contribution is -0.134. The molecule has 0 aliphatic rings. The van der Waals surface area contributed by atoms with Crippen molar-refractivity contribution in [1.82, 2.24) is 0 Å². The summed E-state index contributed by atoms with van der Waals surface area (Å²) in [6, 6.07) is 17.0. The molecule has 0 heterocycles. The van der Waals surface area contributed by atoms with E-state index >= 15 is 0 Å². The molecule has 0 bridgehead atoms. The largest absolute Gasteiger partial charge is 0.426 e. The minimum absolute atomic E-state index is 0.185. The third-order valence-corrected chi connectivity index (χ3v) is 5.41. The first-order valence-electron chi connectivity index (χ1n) is 10.1. The molecule has 6 heteroatoms. The van der Waals surface area contributed by atoms with Crippen molar-refractivity contribution in [3.63, 3.8) is 0 Å². The average molecular weight is 426 g/mol. The first-order valence-corrected chi connectivity index (χ1v) is 10.1. The monoisotopic (exact) mass is 426 g/mol. The van der Waals surface area contributed by atoms with Crippen LogP contribution in [-0.2, 0) is 14.4 Å². The van der Waals surface area contributed by atoms with Gasteiger partial charge < -0.3 is 14.2 Å². The number of ether oxygens (including phenoxy) is 3. The molecule has 5 aromatic carbocycles. The van der Waals surface area contributed by atoms with Gasteiger partial charge in [0.1, 0.15) is 5.75 Å². The number of fused-ring (bicyclic) bond motifs is 2. The maximum Gasteiger partial charge on any atom is 0.308 e. The van der Waals surface area contributed by atoms with Crippen LogP contribution in [0.15, 0.2) is 54.6 Å². The summed E-state index contributed by atoms with van der Waals surface area (Å²) in [5.74, 6) is -0.503. The van der Waals surface area contributed by atoms with Crippen molar-refractivity contribution in [3.8, 4) is 17.2 Å². The summed E-state index contributed by atoms with van der Waals surface area (Å²) in [7, 11) is 0. The molecule has 32 heavy (non-hydrogen) atoms. The van der Waals surface area contributed by atoms with Gasteiger partial charge in [0, 0.05) is 36.9 Å². The number of hydrogen-bond donors (Lipinski definition) is 0. The standard InChI is InChI=1S/C26H18O6/c1-13(27)30-22-10-6-16-4-7-19-18-9-11-23(31-14(2)28)26(32-15(3)29)21(18)12-17-5-8-20(22)24(16)25(17)19/h4-12H,1-3H3. The summed E-state index contributed by atoms with van der Waals surface area (Å²) in [4.78, 5) is 35.0. The molecule has 5 rings (SSSR count). The number of carbonyl (C=O) groups excluding carboxylic acids is 3. The molecule has 0 saturated heterocycles. The van der Waals surface area contributed by atoms with E-state index in [1.807, 2.05) is 42.5 Å². The van der Waals surface area contributed by atoms with Gasteiger partial charge in [0.25, 0.3) is 0 Å². The van der Waals surface area contributed by atoms with Crippen LogP contribution in [0.2, 0.25) is 0 Å². The summed E-state index contributed by atoms with van der Waals surface area (Å²) in [5.41, 5.74) is 0. The van der Waals surface area contributed by atoms with Crippen LogP contribution in [0.5, 0.6) is 17.2 Å². The SMILES string of the molecule is CC(=O)Oc1ccc2c(cc3ccc4c(OC(C)=O)ccc5ccc2c3c54)c1OC(C)=O. The highest BCUT2D eigenvalue weighted by Gasteiger charge is 2.19. The van der Waals surface area contributed by atoms with Crippen LogP contribution in [0.25, 0.3) is 43.1 Å². The van der Waals surface area contributed by atoms with Crippen molar-refractivity contribution in [3.05, 3.63) is 54.6 Å².